The Hall–Kier alpha value is -2.48. The Bertz CT molecular complexity index is 734. The molecule has 0 radical (unpaired) electrons. The monoisotopic (exact) mass is 262 g/mol. The molecule has 2 nitrogen and oxygen atoms in total. The quantitative estimate of drug-likeness (QED) is 0.739. The molecule has 0 fully saturated rings. The van der Waals surface area contributed by atoms with Crippen molar-refractivity contribution >= 4 is 27.8 Å². The molecular formula is C18H18N2. The zero-order chi connectivity index (χ0) is 13.9. The van der Waals surface area contributed by atoms with Crippen LogP contribution in [0.4, 0.5) is 17.1 Å². The molecule has 0 aliphatic rings. The molecule has 0 atom stereocenters. The third kappa shape index (κ3) is 2.32. The van der Waals surface area contributed by atoms with Crippen LogP contribution >= 0.6 is 0 Å². The molecule has 0 aromatic heterocycles. The smallest absolute Gasteiger partial charge is 0.0428 e. The highest BCUT2D eigenvalue weighted by atomic mass is 15.1. The minimum absolute atomic E-state index is 1.12. The Labute approximate surface area is 119 Å². The Morgan fingerprint density at radius 1 is 0.750 bits per heavy atom. The molecule has 0 heterocycles. The fraction of sp³-hybridized carbons (Fsp3) is 0.111. The number of fused-ring (bicyclic) bond motifs is 1. The molecule has 0 amide bonds. The van der Waals surface area contributed by atoms with Gasteiger partial charge in [0.1, 0.15) is 0 Å². The van der Waals surface area contributed by atoms with E-state index in [4.69, 9.17) is 0 Å². The predicted octanol–water partition coefficient (Wildman–Crippen LogP) is 4.65. The molecule has 0 spiro atoms. The molecule has 0 aliphatic heterocycles. The van der Waals surface area contributed by atoms with Gasteiger partial charge in [0, 0.05) is 31.2 Å². The van der Waals surface area contributed by atoms with Crippen LogP contribution in [0.3, 0.4) is 0 Å². The van der Waals surface area contributed by atoms with Crippen molar-refractivity contribution < 1.29 is 0 Å². The van der Waals surface area contributed by atoms with E-state index >= 15 is 0 Å². The van der Waals surface area contributed by atoms with Crippen molar-refractivity contribution in [2.75, 3.05) is 24.3 Å². The summed E-state index contributed by atoms with van der Waals surface area (Å²) < 4.78 is 0. The lowest BCUT2D eigenvalue weighted by molar-refractivity contribution is 1.21. The van der Waals surface area contributed by atoms with Gasteiger partial charge in [-0.05, 0) is 41.1 Å². The molecule has 0 unspecified atom stereocenters. The van der Waals surface area contributed by atoms with Crippen LogP contribution in [0.15, 0.2) is 66.7 Å². The molecule has 1 N–H and O–H groups in total. The van der Waals surface area contributed by atoms with Gasteiger partial charge in [-0.25, -0.2) is 0 Å². The van der Waals surface area contributed by atoms with Crippen LogP contribution in [0.1, 0.15) is 0 Å². The first-order valence-corrected chi connectivity index (χ1v) is 6.78. The van der Waals surface area contributed by atoms with Crippen molar-refractivity contribution in [1.29, 1.82) is 0 Å². The zero-order valence-electron chi connectivity index (χ0n) is 11.8. The third-order valence-electron chi connectivity index (χ3n) is 3.64. The highest BCUT2D eigenvalue weighted by molar-refractivity contribution is 5.87. The molecule has 20 heavy (non-hydrogen) atoms. The van der Waals surface area contributed by atoms with E-state index in [0.717, 1.165) is 5.69 Å². The lowest BCUT2D eigenvalue weighted by atomic mass is 10.1. The SMILES string of the molecule is CNc1cccc(N(C)c2ccc3ccccc3c2)c1. The normalized spacial score (nSPS) is 10.5. The summed E-state index contributed by atoms with van der Waals surface area (Å²) in [5, 5.41) is 5.71. The van der Waals surface area contributed by atoms with E-state index in [-0.39, 0.29) is 0 Å². The van der Waals surface area contributed by atoms with Gasteiger partial charge < -0.3 is 10.2 Å². The fourth-order valence-corrected chi connectivity index (χ4v) is 2.40. The standard InChI is InChI=1S/C18H18N2/c1-19-16-8-5-9-17(13-16)20(2)18-11-10-14-6-3-4-7-15(14)12-18/h3-13,19H,1-2H3. The van der Waals surface area contributed by atoms with E-state index in [0.29, 0.717) is 0 Å². The first kappa shape index (κ1) is 12.5. The number of anilines is 3. The van der Waals surface area contributed by atoms with E-state index < -0.39 is 0 Å². The van der Waals surface area contributed by atoms with Crippen molar-refractivity contribution in [2.45, 2.75) is 0 Å². The van der Waals surface area contributed by atoms with Crippen LogP contribution < -0.4 is 10.2 Å². The average Bonchev–Trinajstić information content (AvgIpc) is 2.53. The van der Waals surface area contributed by atoms with E-state index in [1.807, 2.05) is 7.05 Å². The number of rotatable bonds is 3. The maximum absolute atomic E-state index is 3.18. The minimum Gasteiger partial charge on any atom is -0.388 e. The van der Waals surface area contributed by atoms with Crippen LogP contribution in [-0.2, 0) is 0 Å². The second-order valence-electron chi connectivity index (χ2n) is 4.89. The Morgan fingerprint density at radius 2 is 1.50 bits per heavy atom. The van der Waals surface area contributed by atoms with E-state index in [2.05, 4.69) is 84.0 Å². The van der Waals surface area contributed by atoms with Crippen molar-refractivity contribution in [3.05, 3.63) is 66.7 Å². The molecule has 100 valence electrons. The predicted molar refractivity (Wildman–Crippen MR) is 88.0 cm³/mol. The van der Waals surface area contributed by atoms with Gasteiger partial charge in [0.05, 0.1) is 0 Å². The van der Waals surface area contributed by atoms with Crippen LogP contribution in [0.2, 0.25) is 0 Å². The van der Waals surface area contributed by atoms with Crippen LogP contribution in [0.5, 0.6) is 0 Å². The van der Waals surface area contributed by atoms with Crippen LogP contribution in [0, 0.1) is 0 Å². The van der Waals surface area contributed by atoms with Crippen molar-refractivity contribution in [2.24, 2.45) is 0 Å². The van der Waals surface area contributed by atoms with Crippen molar-refractivity contribution in [3.8, 4) is 0 Å². The van der Waals surface area contributed by atoms with Gasteiger partial charge in [-0.2, -0.15) is 0 Å². The third-order valence-corrected chi connectivity index (χ3v) is 3.64. The number of nitrogens with zero attached hydrogens (tertiary/aromatic N) is 1. The summed E-state index contributed by atoms with van der Waals surface area (Å²) in [5.74, 6) is 0. The van der Waals surface area contributed by atoms with Gasteiger partial charge in [-0.15, -0.1) is 0 Å². The van der Waals surface area contributed by atoms with Gasteiger partial charge >= 0.3 is 0 Å². The second kappa shape index (κ2) is 5.25. The van der Waals surface area contributed by atoms with Gasteiger partial charge in [-0.3, -0.25) is 0 Å². The summed E-state index contributed by atoms with van der Waals surface area (Å²) in [5.41, 5.74) is 3.49. The molecule has 3 aromatic carbocycles. The second-order valence-corrected chi connectivity index (χ2v) is 4.89. The molecule has 0 saturated heterocycles. The Kier molecular flexibility index (Phi) is 3.30. The largest absolute Gasteiger partial charge is 0.388 e. The lowest BCUT2D eigenvalue weighted by Gasteiger charge is -2.20. The summed E-state index contributed by atoms with van der Waals surface area (Å²) in [6.45, 7) is 0. The first-order valence-electron chi connectivity index (χ1n) is 6.78. The van der Waals surface area contributed by atoms with Gasteiger partial charge in [0.15, 0.2) is 0 Å². The zero-order valence-corrected chi connectivity index (χ0v) is 11.8. The topological polar surface area (TPSA) is 15.3 Å². The average molecular weight is 262 g/mol. The number of hydrogen-bond donors (Lipinski definition) is 1. The van der Waals surface area contributed by atoms with Gasteiger partial charge in [-0.1, -0.05) is 36.4 Å². The maximum atomic E-state index is 3.18. The Balaban J connectivity index is 2.00. The van der Waals surface area contributed by atoms with E-state index in [9.17, 15) is 0 Å². The first-order chi connectivity index (χ1) is 9.78. The number of nitrogens with one attached hydrogen (secondary N) is 1. The van der Waals surface area contributed by atoms with Crippen LogP contribution in [0.25, 0.3) is 10.8 Å². The molecule has 0 bridgehead atoms. The summed E-state index contributed by atoms with van der Waals surface area (Å²) in [6.07, 6.45) is 0. The summed E-state index contributed by atoms with van der Waals surface area (Å²) >= 11 is 0. The van der Waals surface area contributed by atoms with E-state index in [1.54, 1.807) is 0 Å². The molecule has 0 aliphatic carbocycles. The molecule has 2 heteroatoms. The maximum Gasteiger partial charge on any atom is 0.0428 e. The summed E-state index contributed by atoms with van der Waals surface area (Å²) in [4.78, 5) is 2.20. The highest BCUT2D eigenvalue weighted by Gasteiger charge is 2.05. The fourth-order valence-electron chi connectivity index (χ4n) is 2.40. The molecular weight excluding hydrogens is 244 g/mol. The number of hydrogen-bond acceptors (Lipinski definition) is 2. The van der Waals surface area contributed by atoms with Gasteiger partial charge in [0.25, 0.3) is 0 Å². The molecule has 0 saturated carbocycles. The van der Waals surface area contributed by atoms with E-state index in [1.165, 1.54) is 22.1 Å². The Morgan fingerprint density at radius 3 is 2.30 bits per heavy atom. The number of benzene rings is 3. The van der Waals surface area contributed by atoms with Gasteiger partial charge in [0.2, 0.25) is 0 Å². The van der Waals surface area contributed by atoms with Crippen molar-refractivity contribution in [1.82, 2.24) is 0 Å². The highest BCUT2D eigenvalue weighted by Crippen LogP contribution is 2.28. The molecule has 3 aromatic rings. The lowest BCUT2D eigenvalue weighted by Crippen LogP contribution is -2.09. The molecule has 3 rings (SSSR count). The summed E-state index contributed by atoms with van der Waals surface area (Å²) in [6, 6.07) is 23.4. The minimum atomic E-state index is 1.12. The van der Waals surface area contributed by atoms with Crippen molar-refractivity contribution in [3.63, 3.8) is 0 Å². The summed E-state index contributed by atoms with van der Waals surface area (Å²) in [7, 11) is 4.04. The van der Waals surface area contributed by atoms with Crippen LogP contribution in [-0.4, -0.2) is 14.1 Å².